The second-order valence-electron chi connectivity index (χ2n) is 6.01. The number of oxazole rings is 1. The van der Waals surface area contributed by atoms with E-state index >= 15 is 0 Å². The lowest BCUT2D eigenvalue weighted by molar-refractivity contribution is -0.0785. The van der Waals surface area contributed by atoms with Gasteiger partial charge in [0.1, 0.15) is 5.76 Å². The van der Waals surface area contributed by atoms with Crippen molar-refractivity contribution < 1.29 is 22.3 Å². The Hall–Kier alpha value is -0.960. The topological polar surface area (TPSA) is 81.9 Å². The molecule has 3 rings (SSSR count). The Morgan fingerprint density at radius 1 is 1.36 bits per heavy atom. The van der Waals surface area contributed by atoms with Crippen LogP contribution in [0.4, 0.5) is 0 Å². The van der Waals surface area contributed by atoms with Gasteiger partial charge in [-0.25, -0.2) is 13.4 Å². The average molecular weight is 330 g/mol. The van der Waals surface area contributed by atoms with Gasteiger partial charge < -0.3 is 13.9 Å². The van der Waals surface area contributed by atoms with Crippen molar-refractivity contribution in [2.75, 3.05) is 32.1 Å². The van der Waals surface area contributed by atoms with Crippen molar-refractivity contribution in [1.82, 2.24) is 9.29 Å². The maximum absolute atomic E-state index is 12.5. The number of hydrogen-bond donors (Lipinski definition) is 0. The van der Waals surface area contributed by atoms with Gasteiger partial charge in [0, 0.05) is 18.9 Å². The molecule has 2 aliphatic rings. The molecule has 0 radical (unpaired) electrons. The first-order valence-corrected chi connectivity index (χ1v) is 9.22. The predicted octanol–water partition coefficient (Wildman–Crippen LogP) is 0.901. The van der Waals surface area contributed by atoms with Gasteiger partial charge in [-0.2, -0.15) is 4.31 Å². The molecule has 0 saturated carbocycles. The molecule has 1 saturated heterocycles. The van der Waals surface area contributed by atoms with Crippen LogP contribution in [0.1, 0.15) is 37.1 Å². The van der Waals surface area contributed by atoms with E-state index in [4.69, 9.17) is 13.9 Å². The second-order valence-corrected chi connectivity index (χ2v) is 8.02. The van der Waals surface area contributed by atoms with Gasteiger partial charge in [0.15, 0.2) is 5.89 Å². The smallest absolute Gasteiger partial charge is 0.217 e. The van der Waals surface area contributed by atoms with Crippen LogP contribution in [-0.2, 0) is 32.5 Å². The van der Waals surface area contributed by atoms with E-state index < -0.39 is 10.0 Å². The van der Waals surface area contributed by atoms with Gasteiger partial charge in [0.2, 0.25) is 10.0 Å². The highest BCUT2D eigenvalue weighted by Crippen LogP contribution is 2.25. The molecule has 1 fully saturated rings. The van der Waals surface area contributed by atoms with Gasteiger partial charge in [-0.1, -0.05) is 13.8 Å². The van der Waals surface area contributed by atoms with Crippen LogP contribution in [0.15, 0.2) is 4.42 Å². The SMILES string of the molecule is CC(C)c1nc2c(o1)CCN(S(=O)(=O)CC1COCCO1)C2. The predicted molar refractivity (Wildman–Crippen MR) is 79.1 cm³/mol. The number of aromatic nitrogens is 1. The van der Waals surface area contributed by atoms with Crippen molar-refractivity contribution in [3.05, 3.63) is 17.3 Å². The van der Waals surface area contributed by atoms with Crippen molar-refractivity contribution in [2.24, 2.45) is 0 Å². The van der Waals surface area contributed by atoms with Crippen LogP contribution in [0.2, 0.25) is 0 Å². The van der Waals surface area contributed by atoms with E-state index in [1.54, 1.807) is 0 Å². The van der Waals surface area contributed by atoms with Gasteiger partial charge in [-0.15, -0.1) is 0 Å². The Morgan fingerprint density at radius 2 is 2.18 bits per heavy atom. The highest BCUT2D eigenvalue weighted by molar-refractivity contribution is 7.89. The minimum absolute atomic E-state index is 0.0444. The quantitative estimate of drug-likeness (QED) is 0.816. The maximum Gasteiger partial charge on any atom is 0.217 e. The summed E-state index contributed by atoms with van der Waals surface area (Å²) in [4.78, 5) is 4.43. The van der Waals surface area contributed by atoms with Crippen LogP contribution < -0.4 is 0 Å². The van der Waals surface area contributed by atoms with Crippen molar-refractivity contribution in [3.63, 3.8) is 0 Å². The molecule has 1 unspecified atom stereocenters. The van der Waals surface area contributed by atoms with Crippen molar-refractivity contribution in [2.45, 2.75) is 38.8 Å². The Balaban J connectivity index is 1.69. The summed E-state index contributed by atoms with van der Waals surface area (Å²) in [5.41, 5.74) is 0.735. The molecule has 8 heteroatoms. The van der Waals surface area contributed by atoms with Gasteiger partial charge in [-0.3, -0.25) is 0 Å². The molecule has 7 nitrogen and oxygen atoms in total. The van der Waals surface area contributed by atoms with Crippen LogP contribution in [0, 0.1) is 0 Å². The summed E-state index contributed by atoms with van der Waals surface area (Å²) in [6, 6.07) is 0. The lowest BCUT2D eigenvalue weighted by atomic mass is 10.2. The molecule has 1 aromatic heterocycles. The van der Waals surface area contributed by atoms with E-state index in [0.29, 0.717) is 38.7 Å². The summed E-state index contributed by atoms with van der Waals surface area (Å²) < 4.78 is 43.0. The summed E-state index contributed by atoms with van der Waals surface area (Å²) >= 11 is 0. The molecular formula is C14H22N2O5S. The van der Waals surface area contributed by atoms with E-state index in [2.05, 4.69) is 4.98 Å². The Morgan fingerprint density at radius 3 is 2.86 bits per heavy atom. The molecule has 0 spiro atoms. The number of hydrogen-bond acceptors (Lipinski definition) is 6. The molecule has 0 aliphatic carbocycles. The summed E-state index contributed by atoms with van der Waals surface area (Å²) in [6.45, 7) is 6.03. The highest BCUT2D eigenvalue weighted by Gasteiger charge is 2.33. The lowest BCUT2D eigenvalue weighted by Gasteiger charge is -2.28. The summed E-state index contributed by atoms with van der Waals surface area (Å²) in [5, 5.41) is 0. The van der Waals surface area contributed by atoms with E-state index in [-0.39, 0.29) is 24.3 Å². The van der Waals surface area contributed by atoms with E-state index in [0.717, 1.165) is 11.5 Å². The molecule has 22 heavy (non-hydrogen) atoms. The number of ether oxygens (including phenoxy) is 2. The third-order valence-electron chi connectivity index (χ3n) is 3.88. The van der Waals surface area contributed by atoms with Gasteiger partial charge >= 0.3 is 0 Å². The highest BCUT2D eigenvalue weighted by atomic mass is 32.2. The first-order chi connectivity index (χ1) is 10.5. The van der Waals surface area contributed by atoms with Crippen LogP contribution in [-0.4, -0.2) is 55.9 Å². The normalized spacial score (nSPS) is 23.7. The molecule has 124 valence electrons. The zero-order valence-corrected chi connectivity index (χ0v) is 13.8. The molecule has 1 aromatic rings. The zero-order chi connectivity index (χ0) is 15.7. The Kier molecular flexibility index (Phi) is 4.54. The van der Waals surface area contributed by atoms with Gasteiger partial charge in [-0.05, 0) is 0 Å². The number of fused-ring (bicyclic) bond motifs is 1. The van der Waals surface area contributed by atoms with Crippen molar-refractivity contribution in [1.29, 1.82) is 0 Å². The minimum Gasteiger partial charge on any atom is -0.445 e. The van der Waals surface area contributed by atoms with Crippen LogP contribution >= 0.6 is 0 Å². The third-order valence-corrected chi connectivity index (χ3v) is 5.77. The second kappa shape index (κ2) is 6.27. The summed E-state index contributed by atoms with van der Waals surface area (Å²) in [5.74, 6) is 1.64. The first kappa shape index (κ1) is 15.9. The summed E-state index contributed by atoms with van der Waals surface area (Å²) in [7, 11) is -3.39. The first-order valence-electron chi connectivity index (χ1n) is 7.61. The molecule has 2 aliphatic heterocycles. The Labute approximate surface area is 130 Å². The van der Waals surface area contributed by atoms with Crippen LogP contribution in [0.5, 0.6) is 0 Å². The molecule has 3 heterocycles. The molecule has 1 atom stereocenters. The minimum atomic E-state index is -3.39. The number of rotatable bonds is 4. The fraction of sp³-hybridized carbons (Fsp3) is 0.786. The standard InChI is InChI=1S/C14H22N2O5S/c1-10(2)14-15-12-7-16(4-3-13(12)21-14)22(17,18)9-11-8-19-5-6-20-11/h10-11H,3-9H2,1-2H3. The average Bonchev–Trinajstić information content (AvgIpc) is 2.91. The van der Waals surface area contributed by atoms with Crippen LogP contribution in [0.3, 0.4) is 0 Å². The largest absolute Gasteiger partial charge is 0.445 e. The number of nitrogens with zero attached hydrogens (tertiary/aromatic N) is 2. The summed E-state index contributed by atoms with van der Waals surface area (Å²) in [6.07, 6.45) is 0.180. The fourth-order valence-electron chi connectivity index (χ4n) is 2.65. The molecule has 0 aromatic carbocycles. The molecular weight excluding hydrogens is 308 g/mol. The molecule has 0 bridgehead atoms. The molecule has 0 amide bonds. The molecule has 0 N–H and O–H groups in total. The monoisotopic (exact) mass is 330 g/mol. The third kappa shape index (κ3) is 3.34. The van der Waals surface area contributed by atoms with E-state index in [1.165, 1.54) is 4.31 Å². The lowest BCUT2D eigenvalue weighted by Crippen LogP contribution is -2.43. The van der Waals surface area contributed by atoms with Crippen LogP contribution in [0.25, 0.3) is 0 Å². The van der Waals surface area contributed by atoms with Gasteiger partial charge in [0.25, 0.3) is 0 Å². The Bertz CT molecular complexity index is 619. The van der Waals surface area contributed by atoms with E-state index in [1.807, 2.05) is 13.8 Å². The van der Waals surface area contributed by atoms with Crippen molar-refractivity contribution in [3.8, 4) is 0 Å². The fourth-order valence-corrected chi connectivity index (χ4v) is 4.21. The maximum atomic E-state index is 12.5. The van der Waals surface area contributed by atoms with Gasteiger partial charge in [0.05, 0.1) is 43.9 Å². The van der Waals surface area contributed by atoms with Crippen molar-refractivity contribution >= 4 is 10.0 Å². The van der Waals surface area contributed by atoms with E-state index in [9.17, 15) is 8.42 Å². The zero-order valence-electron chi connectivity index (χ0n) is 12.9. The number of sulfonamides is 1.